The zero-order chi connectivity index (χ0) is 52.9. The molecule has 0 bridgehead atoms. The third kappa shape index (κ3) is 42.9. The van der Waals surface area contributed by atoms with Gasteiger partial charge in [0.25, 0.3) is 0 Å². The Balaban J connectivity index is 2.17. The van der Waals surface area contributed by atoms with E-state index >= 15 is 0 Å². The minimum absolute atomic E-state index is 0.138. The lowest BCUT2D eigenvalue weighted by Crippen LogP contribution is -2.60. The molecule has 0 aliphatic carbocycles. The van der Waals surface area contributed by atoms with E-state index in [2.05, 4.69) is 67.8 Å². The van der Waals surface area contributed by atoms with E-state index in [-0.39, 0.29) is 12.5 Å². The van der Waals surface area contributed by atoms with E-state index < -0.39 is 49.5 Å². The van der Waals surface area contributed by atoms with Crippen LogP contribution in [0.15, 0.2) is 48.6 Å². The van der Waals surface area contributed by atoms with Crippen LogP contribution in [0.4, 0.5) is 0 Å². The molecule has 1 fully saturated rings. The lowest BCUT2D eigenvalue weighted by molar-refractivity contribution is -0.302. The standard InChI is InChI=1S/C64H119NO8/c1-3-5-7-9-11-13-15-17-19-21-23-25-27-29-31-33-35-37-39-41-43-45-47-49-51-53-58(67)57(56-72-64-63(71)62(70)61(69)59(55-66)73-64)65-60(68)54-52-50-48-46-44-42-40-38-36-34-32-30-28-26-24-22-20-18-16-14-12-10-8-6-4-2/h6,8,12,14,18,20,24,26,57-59,61-64,66-67,69-71H,3-5,7,9-11,13,15-17,19,21-23,25,27-56H2,1-2H3,(H,65,68)/b8-6-,14-12-,20-18-,26-24-. The summed E-state index contributed by atoms with van der Waals surface area (Å²) in [5.74, 6) is -0.144. The van der Waals surface area contributed by atoms with Crippen LogP contribution in [0.2, 0.25) is 0 Å². The number of rotatable bonds is 54. The maximum absolute atomic E-state index is 13.1. The highest BCUT2D eigenvalue weighted by Gasteiger charge is 2.44. The van der Waals surface area contributed by atoms with E-state index in [9.17, 15) is 30.3 Å². The lowest BCUT2D eigenvalue weighted by atomic mass is 9.99. The number of hydrogen-bond donors (Lipinski definition) is 6. The summed E-state index contributed by atoms with van der Waals surface area (Å²) in [6.45, 7) is 3.76. The van der Waals surface area contributed by atoms with Gasteiger partial charge < -0.3 is 40.3 Å². The molecule has 0 spiro atoms. The quantitative estimate of drug-likeness (QED) is 0.0261. The summed E-state index contributed by atoms with van der Waals surface area (Å²) < 4.78 is 11.3. The molecule has 0 aromatic rings. The van der Waals surface area contributed by atoms with Crippen molar-refractivity contribution in [3.05, 3.63) is 48.6 Å². The number of nitrogens with one attached hydrogen (secondary N) is 1. The normalized spacial score (nSPS) is 19.4. The first-order valence-electron chi connectivity index (χ1n) is 31.3. The number of hydrogen-bond acceptors (Lipinski definition) is 8. The monoisotopic (exact) mass is 1030 g/mol. The van der Waals surface area contributed by atoms with Crippen molar-refractivity contribution in [1.29, 1.82) is 0 Å². The van der Waals surface area contributed by atoms with Crippen LogP contribution in [-0.4, -0.2) is 87.5 Å². The number of carbonyl (C=O) groups is 1. The van der Waals surface area contributed by atoms with Crippen molar-refractivity contribution < 1.29 is 39.8 Å². The molecule has 7 atom stereocenters. The van der Waals surface area contributed by atoms with Crippen LogP contribution in [0.25, 0.3) is 0 Å². The van der Waals surface area contributed by atoms with Gasteiger partial charge in [0, 0.05) is 6.42 Å². The fourth-order valence-corrected chi connectivity index (χ4v) is 10.0. The molecule has 6 N–H and O–H groups in total. The van der Waals surface area contributed by atoms with Gasteiger partial charge in [-0.15, -0.1) is 0 Å². The Bertz CT molecular complexity index is 1290. The van der Waals surface area contributed by atoms with Gasteiger partial charge in [0.15, 0.2) is 6.29 Å². The van der Waals surface area contributed by atoms with E-state index in [1.807, 2.05) is 0 Å². The van der Waals surface area contributed by atoms with Crippen LogP contribution in [0, 0.1) is 0 Å². The average molecular weight is 1030 g/mol. The van der Waals surface area contributed by atoms with Crippen LogP contribution in [0.3, 0.4) is 0 Å². The van der Waals surface area contributed by atoms with Crippen molar-refractivity contribution in [3.63, 3.8) is 0 Å². The molecule has 0 aromatic heterocycles. The van der Waals surface area contributed by atoms with Crippen LogP contribution in [0.5, 0.6) is 0 Å². The van der Waals surface area contributed by atoms with Crippen LogP contribution >= 0.6 is 0 Å². The molecule has 428 valence electrons. The molecule has 1 heterocycles. The fraction of sp³-hybridized carbons (Fsp3) is 0.859. The minimum atomic E-state index is -1.56. The number of allylic oxidation sites excluding steroid dienone is 8. The van der Waals surface area contributed by atoms with Crippen LogP contribution < -0.4 is 5.32 Å². The maximum atomic E-state index is 13.1. The predicted molar refractivity (Wildman–Crippen MR) is 309 cm³/mol. The second-order valence-corrected chi connectivity index (χ2v) is 21.8. The summed E-state index contributed by atoms with van der Waals surface area (Å²) in [4.78, 5) is 13.1. The van der Waals surface area contributed by atoms with Gasteiger partial charge in [-0.25, -0.2) is 0 Å². The molecule has 1 amide bonds. The Morgan fingerprint density at radius 3 is 1.26 bits per heavy atom. The second kappa shape index (κ2) is 53.5. The lowest BCUT2D eigenvalue weighted by Gasteiger charge is -2.40. The van der Waals surface area contributed by atoms with Gasteiger partial charge in [-0.05, 0) is 51.4 Å². The van der Waals surface area contributed by atoms with Gasteiger partial charge in [-0.1, -0.05) is 287 Å². The first kappa shape index (κ1) is 69.2. The molecule has 9 heteroatoms. The number of aliphatic hydroxyl groups excluding tert-OH is 5. The number of aliphatic hydroxyl groups is 5. The highest BCUT2D eigenvalue weighted by molar-refractivity contribution is 5.76. The summed E-state index contributed by atoms with van der Waals surface area (Å²) in [6.07, 6.45) is 64.3. The van der Waals surface area contributed by atoms with Crippen molar-refractivity contribution in [1.82, 2.24) is 5.32 Å². The highest BCUT2D eigenvalue weighted by atomic mass is 16.7. The molecule has 73 heavy (non-hydrogen) atoms. The fourth-order valence-electron chi connectivity index (χ4n) is 10.0. The van der Waals surface area contributed by atoms with Crippen molar-refractivity contribution in [2.75, 3.05) is 13.2 Å². The Labute approximate surface area is 450 Å². The number of ether oxygens (including phenoxy) is 2. The molecule has 1 rings (SSSR count). The highest BCUT2D eigenvalue weighted by Crippen LogP contribution is 2.23. The molecule has 9 nitrogen and oxygen atoms in total. The second-order valence-electron chi connectivity index (χ2n) is 21.8. The molecule has 1 saturated heterocycles. The summed E-state index contributed by atoms with van der Waals surface area (Å²) >= 11 is 0. The summed E-state index contributed by atoms with van der Waals surface area (Å²) in [5.41, 5.74) is 0. The first-order chi connectivity index (χ1) is 35.8. The Morgan fingerprint density at radius 2 is 0.849 bits per heavy atom. The van der Waals surface area contributed by atoms with Gasteiger partial charge in [0.2, 0.25) is 5.91 Å². The number of amides is 1. The Hall–Kier alpha value is -1.85. The molecule has 1 aliphatic rings. The van der Waals surface area contributed by atoms with E-state index in [4.69, 9.17) is 9.47 Å². The zero-order valence-electron chi connectivity index (χ0n) is 47.6. The first-order valence-corrected chi connectivity index (χ1v) is 31.3. The van der Waals surface area contributed by atoms with E-state index in [1.165, 1.54) is 205 Å². The van der Waals surface area contributed by atoms with E-state index in [0.717, 1.165) is 64.2 Å². The molecule has 0 saturated carbocycles. The number of carbonyl (C=O) groups excluding carboxylic acids is 1. The van der Waals surface area contributed by atoms with Gasteiger partial charge in [0.05, 0.1) is 25.4 Å². The Kier molecular flexibility index (Phi) is 50.7. The summed E-state index contributed by atoms with van der Waals surface area (Å²) in [7, 11) is 0. The topological polar surface area (TPSA) is 149 Å². The van der Waals surface area contributed by atoms with Gasteiger partial charge >= 0.3 is 0 Å². The third-order valence-electron chi connectivity index (χ3n) is 14.9. The summed E-state index contributed by atoms with van der Waals surface area (Å²) in [6, 6.07) is -0.722. The van der Waals surface area contributed by atoms with Crippen LogP contribution in [0.1, 0.15) is 296 Å². The van der Waals surface area contributed by atoms with E-state index in [0.29, 0.717) is 12.8 Å². The maximum Gasteiger partial charge on any atom is 0.220 e. The molecule has 7 unspecified atom stereocenters. The SMILES string of the molecule is CC/C=C\C/C=C\C/C=C\C/C=C\CCCCCCCCCCCCCCC(=O)NC(COC1OC(CO)C(O)C(O)C1O)C(O)CCCCCCCCCCCCCCCCCCCCCCCCCCC. The van der Waals surface area contributed by atoms with Crippen molar-refractivity contribution >= 4 is 5.91 Å². The van der Waals surface area contributed by atoms with Crippen molar-refractivity contribution in [3.8, 4) is 0 Å². The average Bonchev–Trinajstić information content (AvgIpc) is 3.39. The third-order valence-corrected chi connectivity index (χ3v) is 14.9. The van der Waals surface area contributed by atoms with Gasteiger partial charge in [-0.2, -0.15) is 0 Å². The zero-order valence-corrected chi connectivity index (χ0v) is 47.6. The van der Waals surface area contributed by atoms with Crippen molar-refractivity contribution in [2.45, 2.75) is 339 Å². The molecule has 0 aromatic carbocycles. The van der Waals surface area contributed by atoms with Gasteiger partial charge in [-0.3, -0.25) is 4.79 Å². The van der Waals surface area contributed by atoms with E-state index in [1.54, 1.807) is 0 Å². The molecular weight excluding hydrogens is 911 g/mol. The number of unbranched alkanes of at least 4 members (excludes halogenated alkanes) is 36. The van der Waals surface area contributed by atoms with Crippen LogP contribution in [-0.2, 0) is 14.3 Å². The molecule has 0 radical (unpaired) electrons. The van der Waals surface area contributed by atoms with Gasteiger partial charge in [0.1, 0.15) is 24.4 Å². The molecule has 1 aliphatic heterocycles. The smallest absolute Gasteiger partial charge is 0.220 e. The van der Waals surface area contributed by atoms with Crippen molar-refractivity contribution in [2.24, 2.45) is 0 Å². The minimum Gasteiger partial charge on any atom is -0.394 e. The largest absolute Gasteiger partial charge is 0.394 e. The summed E-state index contributed by atoms with van der Waals surface area (Å²) in [5, 5.41) is 54.8. The molecular formula is C64H119NO8. The Morgan fingerprint density at radius 1 is 0.479 bits per heavy atom. The predicted octanol–water partition coefficient (Wildman–Crippen LogP) is 16.1.